The molecule has 0 radical (unpaired) electrons. The summed E-state index contributed by atoms with van der Waals surface area (Å²) in [7, 11) is 1.28. The lowest BCUT2D eigenvalue weighted by atomic mass is 10.2. The Labute approximate surface area is 182 Å². The molecule has 9 nitrogen and oxygen atoms in total. The van der Waals surface area contributed by atoms with Crippen molar-refractivity contribution in [2.24, 2.45) is 5.10 Å². The molecule has 2 aromatic carbocycles. The van der Waals surface area contributed by atoms with E-state index in [-0.39, 0.29) is 12.3 Å². The number of hydrogen-bond acceptors (Lipinski definition) is 8. The third kappa shape index (κ3) is 5.19. The van der Waals surface area contributed by atoms with Gasteiger partial charge in [0.15, 0.2) is 6.61 Å². The minimum absolute atomic E-state index is 0.0325. The molecule has 0 aliphatic rings. The number of amides is 1. The Morgan fingerprint density at radius 2 is 2.07 bits per heavy atom. The van der Waals surface area contributed by atoms with E-state index >= 15 is 0 Å². The summed E-state index contributed by atoms with van der Waals surface area (Å²) in [5.74, 6) is -0.459. The summed E-state index contributed by atoms with van der Waals surface area (Å²) in [4.78, 5) is 34.2. The third-order valence-corrected chi connectivity index (χ3v) is 5.58. The van der Waals surface area contributed by atoms with Crippen LogP contribution in [0.1, 0.15) is 15.2 Å². The van der Waals surface area contributed by atoms with Crippen molar-refractivity contribution in [2.45, 2.75) is 0 Å². The van der Waals surface area contributed by atoms with Crippen LogP contribution < -0.4 is 10.2 Å². The van der Waals surface area contributed by atoms with E-state index in [2.05, 4.69) is 31.2 Å². The monoisotopic (exact) mass is 491 g/mol. The number of benzene rings is 2. The largest absolute Gasteiger partial charge is 0.481 e. The van der Waals surface area contributed by atoms with Gasteiger partial charge in [0.2, 0.25) is 0 Å². The number of hydrazone groups is 1. The molecule has 0 aliphatic heterocycles. The van der Waals surface area contributed by atoms with Gasteiger partial charge < -0.3 is 9.47 Å². The fourth-order valence-electron chi connectivity index (χ4n) is 2.39. The van der Waals surface area contributed by atoms with Crippen molar-refractivity contribution in [3.8, 4) is 5.75 Å². The summed E-state index contributed by atoms with van der Waals surface area (Å²) in [6, 6.07) is 11.1. The average molecular weight is 492 g/mol. The second-order valence-electron chi connectivity index (χ2n) is 5.84. The van der Waals surface area contributed by atoms with E-state index < -0.39 is 16.8 Å². The summed E-state index contributed by atoms with van der Waals surface area (Å²) in [6.45, 7) is -0.211. The minimum atomic E-state index is -0.494. The molecule has 0 saturated carbocycles. The lowest BCUT2D eigenvalue weighted by Crippen LogP contribution is -2.16. The van der Waals surface area contributed by atoms with Crippen LogP contribution in [0.4, 0.5) is 5.69 Å². The standard InChI is InChI=1S/C19H14BrN3O6S/c1-28-18(24)10-29-15-4-2-11(6-14(15)20)9-21-22-19(25)17-8-12-7-13(23(26)27)3-5-16(12)30-17/h2-9H,10H2,1H3,(H,22,25)/b21-9-. The molecule has 0 saturated heterocycles. The van der Waals surface area contributed by atoms with Crippen molar-refractivity contribution in [1.82, 2.24) is 5.43 Å². The molecule has 1 aromatic heterocycles. The van der Waals surface area contributed by atoms with Gasteiger partial charge in [-0.05, 0) is 51.8 Å². The van der Waals surface area contributed by atoms with E-state index in [1.54, 1.807) is 30.3 Å². The quantitative estimate of drug-likeness (QED) is 0.231. The fraction of sp³-hybridized carbons (Fsp3) is 0.105. The smallest absolute Gasteiger partial charge is 0.343 e. The number of fused-ring (bicyclic) bond motifs is 1. The fourth-order valence-corrected chi connectivity index (χ4v) is 3.83. The van der Waals surface area contributed by atoms with Crippen molar-refractivity contribution < 1.29 is 24.0 Å². The highest BCUT2D eigenvalue weighted by atomic mass is 79.9. The zero-order valence-corrected chi connectivity index (χ0v) is 17.9. The molecule has 154 valence electrons. The number of nitrogens with zero attached hydrogens (tertiary/aromatic N) is 2. The molecule has 1 amide bonds. The van der Waals surface area contributed by atoms with E-state index in [9.17, 15) is 19.7 Å². The van der Waals surface area contributed by atoms with Gasteiger partial charge in [-0.2, -0.15) is 5.10 Å². The van der Waals surface area contributed by atoms with E-state index in [0.717, 1.165) is 4.70 Å². The number of nitro groups is 1. The van der Waals surface area contributed by atoms with Crippen LogP contribution in [0.3, 0.4) is 0 Å². The number of methoxy groups -OCH3 is 1. The number of ether oxygens (including phenoxy) is 2. The Bertz CT molecular complexity index is 1160. The highest BCUT2D eigenvalue weighted by molar-refractivity contribution is 9.10. The van der Waals surface area contributed by atoms with Crippen LogP contribution in [0.2, 0.25) is 0 Å². The maximum atomic E-state index is 12.3. The molecular formula is C19H14BrN3O6S. The van der Waals surface area contributed by atoms with Gasteiger partial charge in [-0.3, -0.25) is 14.9 Å². The molecule has 3 rings (SSSR count). The maximum Gasteiger partial charge on any atom is 0.343 e. The number of non-ortho nitro benzene ring substituents is 1. The number of esters is 1. The van der Waals surface area contributed by atoms with Crippen molar-refractivity contribution in [3.63, 3.8) is 0 Å². The Morgan fingerprint density at radius 3 is 2.77 bits per heavy atom. The summed E-state index contributed by atoms with van der Waals surface area (Å²) < 4.78 is 11.2. The third-order valence-electron chi connectivity index (χ3n) is 3.84. The van der Waals surface area contributed by atoms with Crippen LogP contribution in [0.15, 0.2) is 52.0 Å². The summed E-state index contributed by atoms with van der Waals surface area (Å²) in [5, 5.41) is 15.4. The summed E-state index contributed by atoms with van der Waals surface area (Å²) in [6.07, 6.45) is 1.45. The predicted octanol–water partition coefficient (Wildman–Crippen LogP) is 3.89. The topological polar surface area (TPSA) is 120 Å². The molecule has 30 heavy (non-hydrogen) atoms. The molecule has 0 bridgehead atoms. The van der Waals surface area contributed by atoms with Crippen LogP contribution in [0, 0.1) is 10.1 Å². The Morgan fingerprint density at radius 1 is 1.27 bits per heavy atom. The highest BCUT2D eigenvalue weighted by Gasteiger charge is 2.13. The zero-order chi connectivity index (χ0) is 21.7. The number of carbonyl (C=O) groups excluding carboxylic acids is 2. The Hall–Kier alpha value is -3.31. The van der Waals surface area contributed by atoms with E-state index in [0.29, 0.717) is 26.0 Å². The number of thiophene rings is 1. The molecule has 0 unspecified atom stereocenters. The first-order valence-corrected chi connectivity index (χ1v) is 9.99. The normalized spacial score (nSPS) is 10.9. The van der Waals surface area contributed by atoms with Crippen LogP contribution in [0.25, 0.3) is 10.1 Å². The van der Waals surface area contributed by atoms with Gasteiger partial charge in [0.25, 0.3) is 11.6 Å². The van der Waals surface area contributed by atoms with Gasteiger partial charge in [-0.1, -0.05) is 0 Å². The van der Waals surface area contributed by atoms with Crippen LogP contribution in [-0.2, 0) is 9.53 Å². The predicted molar refractivity (Wildman–Crippen MR) is 115 cm³/mol. The molecule has 11 heteroatoms. The van der Waals surface area contributed by atoms with Crippen molar-refractivity contribution >= 4 is 61.1 Å². The van der Waals surface area contributed by atoms with Crippen LogP contribution >= 0.6 is 27.3 Å². The lowest BCUT2D eigenvalue weighted by molar-refractivity contribution is -0.384. The number of rotatable bonds is 7. The second kappa shape index (κ2) is 9.46. The number of halogens is 1. The molecule has 1 N–H and O–H groups in total. The maximum absolute atomic E-state index is 12.3. The lowest BCUT2D eigenvalue weighted by Gasteiger charge is -2.07. The highest BCUT2D eigenvalue weighted by Crippen LogP contribution is 2.29. The number of hydrogen-bond donors (Lipinski definition) is 1. The first-order chi connectivity index (χ1) is 14.4. The summed E-state index contributed by atoms with van der Waals surface area (Å²) in [5.41, 5.74) is 3.07. The van der Waals surface area contributed by atoms with E-state index in [1.807, 2.05) is 0 Å². The second-order valence-corrected chi connectivity index (χ2v) is 7.78. The van der Waals surface area contributed by atoms with Gasteiger partial charge in [-0.15, -0.1) is 11.3 Å². The van der Waals surface area contributed by atoms with E-state index in [1.165, 1.54) is 36.8 Å². The minimum Gasteiger partial charge on any atom is -0.481 e. The Balaban J connectivity index is 1.64. The van der Waals surface area contributed by atoms with Gasteiger partial charge in [0, 0.05) is 22.2 Å². The van der Waals surface area contributed by atoms with Gasteiger partial charge in [-0.25, -0.2) is 10.2 Å². The molecular weight excluding hydrogens is 478 g/mol. The molecule has 0 atom stereocenters. The van der Waals surface area contributed by atoms with Gasteiger partial charge in [0.05, 0.1) is 27.6 Å². The molecule has 3 aromatic rings. The average Bonchev–Trinajstić information content (AvgIpc) is 3.16. The van der Waals surface area contributed by atoms with E-state index in [4.69, 9.17) is 4.74 Å². The first-order valence-electron chi connectivity index (χ1n) is 8.38. The first kappa shape index (κ1) is 21.4. The van der Waals surface area contributed by atoms with Crippen molar-refractivity contribution in [1.29, 1.82) is 0 Å². The summed E-state index contributed by atoms with van der Waals surface area (Å²) >= 11 is 4.56. The van der Waals surface area contributed by atoms with Gasteiger partial charge >= 0.3 is 5.97 Å². The van der Waals surface area contributed by atoms with Gasteiger partial charge in [0.1, 0.15) is 5.75 Å². The van der Waals surface area contributed by atoms with Crippen molar-refractivity contribution in [2.75, 3.05) is 13.7 Å². The molecule has 0 fully saturated rings. The molecule has 1 heterocycles. The number of nitrogens with one attached hydrogen (secondary N) is 1. The number of carbonyl (C=O) groups is 2. The molecule has 0 aliphatic carbocycles. The number of nitro benzene ring substituents is 1. The zero-order valence-electron chi connectivity index (χ0n) is 15.5. The Kier molecular flexibility index (Phi) is 6.75. The SMILES string of the molecule is COC(=O)COc1ccc(/C=N\NC(=O)c2cc3cc([N+](=O)[O-])ccc3s2)cc1Br. The molecule has 0 spiro atoms. The van der Waals surface area contributed by atoms with Crippen molar-refractivity contribution in [3.05, 3.63) is 67.5 Å². The van der Waals surface area contributed by atoms with Crippen LogP contribution in [0.5, 0.6) is 5.75 Å². The van der Waals surface area contributed by atoms with Crippen LogP contribution in [-0.4, -0.2) is 36.7 Å².